The zero-order valence-corrected chi connectivity index (χ0v) is 15.7. The van der Waals surface area contributed by atoms with E-state index in [1.165, 1.54) is 0 Å². The third-order valence-electron chi connectivity index (χ3n) is 5.83. The maximum atomic E-state index is 13.1. The molecule has 27 heavy (non-hydrogen) atoms. The summed E-state index contributed by atoms with van der Waals surface area (Å²) in [6.45, 7) is 4.84. The van der Waals surface area contributed by atoms with E-state index in [9.17, 15) is 9.59 Å². The van der Waals surface area contributed by atoms with Gasteiger partial charge in [-0.25, -0.2) is 14.6 Å². The fourth-order valence-corrected chi connectivity index (χ4v) is 4.26. The first-order chi connectivity index (χ1) is 13.2. The summed E-state index contributed by atoms with van der Waals surface area (Å²) in [6.07, 6.45) is 5.45. The molecule has 0 saturated carbocycles. The van der Waals surface area contributed by atoms with E-state index in [0.717, 1.165) is 64.0 Å². The van der Waals surface area contributed by atoms with Crippen LogP contribution < -0.4 is 5.69 Å². The number of carbonyl (C=O) groups is 1. The number of nitrogens with zero attached hydrogens (tertiary/aromatic N) is 7. The summed E-state index contributed by atoms with van der Waals surface area (Å²) in [4.78, 5) is 26.8. The lowest BCUT2D eigenvalue weighted by Gasteiger charge is -2.33. The number of carbonyl (C=O) groups excluding carboxylic acids is 1. The van der Waals surface area contributed by atoms with Crippen molar-refractivity contribution in [1.82, 2.24) is 39.9 Å². The molecule has 1 amide bonds. The van der Waals surface area contributed by atoms with E-state index in [2.05, 4.69) is 25.7 Å². The van der Waals surface area contributed by atoms with Gasteiger partial charge in [0.2, 0.25) is 5.91 Å². The minimum absolute atomic E-state index is 0.147. The number of H-pyrrole nitrogens is 1. The molecule has 0 unspecified atom stereocenters. The number of nitrogens with one attached hydrogen (secondary N) is 1. The highest BCUT2D eigenvalue weighted by Gasteiger charge is 2.33. The van der Waals surface area contributed by atoms with Gasteiger partial charge in [-0.05, 0) is 49.0 Å². The molecule has 1 atom stereocenters. The quantitative estimate of drug-likeness (QED) is 0.825. The van der Waals surface area contributed by atoms with Crippen molar-refractivity contribution < 1.29 is 4.79 Å². The number of aromatic amines is 1. The number of likely N-dealkylation sites (tertiary alicyclic amines) is 1. The molecule has 1 fully saturated rings. The van der Waals surface area contributed by atoms with E-state index in [1.54, 1.807) is 9.25 Å². The molecule has 146 valence electrons. The second-order valence-corrected chi connectivity index (χ2v) is 7.47. The topological polar surface area (TPSA) is 115 Å². The third-order valence-corrected chi connectivity index (χ3v) is 5.83. The molecule has 10 nitrogen and oxygen atoms in total. The van der Waals surface area contributed by atoms with Crippen molar-refractivity contribution in [1.29, 1.82) is 0 Å². The Bertz CT molecular complexity index is 845. The number of piperidine rings is 1. The predicted molar refractivity (Wildman–Crippen MR) is 95.9 cm³/mol. The van der Waals surface area contributed by atoms with Gasteiger partial charge in [0.25, 0.3) is 0 Å². The Morgan fingerprint density at radius 3 is 2.78 bits per heavy atom. The molecule has 2 aliphatic rings. The maximum Gasteiger partial charge on any atom is 0.343 e. The number of aromatic nitrogens is 7. The summed E-state index contributed by atoms with van der Waals surface area (Å²) in [5.41, 5.74) is -0.147. The predicted octanol–water partition coefficient (Wildman–Crippen LogP) is 0.327. The number of hydrogen-bond donors (Lipinski definition) is 1. The van der Waals surface area contributed by atoms with Gasteiger partial charge in [-0.3, -0.25) is 9.36 Å². The van der Waals surface area contributed by atoms with Crippen molar-refractivity contribution in [3.05, 3.63) is 22.1 Å². The van der Waals surface area contributed by atoms with Crippen LogP contribution in [-0.2, 0) is 24.3 Å². The zero-order chi connectivity index (χ0) is 18.8. The molecule has 0 bridgehead atoms. The van der Waals surface area contributed by atoms with Gasteiger partial charge in [0.1, 0.15) is 5.82 Å². The first-order valence-corrected chi connectivity index (χ1v) is 9.86. The molecule has 2 aromatic heterocycles. The third kappa shape index (κ3) is 3.52. The summed E-state index contributed by atoms with van der Waals surface area (Å²) < 4.78 is 3.47. The first kappa shape index (κ1) is 17.9. The summed E-state index contributed by atoms with van der Waals surface area (Å²) in [5, 5.41) is 18.6. The van der Waals surface area contributed by atoms with Crippen LogP contribution in [-0.4, -0.2) is 58.9 Å². The Balaban J connectivity index is 1.38. The Morgan fingerprint density at radius 1 is 1.19 bits per heavy atom. The van der Waals surface area contributed by atoms with Gasteiger partial charge < -0.3 is 4.90 Å². The molecular formula is C17H26N8O2. The van der Waals surface area contributed by atoms with E-state index in [1.807, 2.05) is 11.8 Å². The van der Waals surface area contributed by atoms with E-state index >= 15 is 0 Å². The van der Waals surface area contributed by atoms with Crippen LogP contribution in [0.2, 0.25) is 0 Å². The molecule has 0 aliphatic carbocycles. The van der Waals surface area contributed by atoms with Crippen LogP contribution in [0.25, 0.3) is 0 Å². The maximum absolute atomic E-state index is 13.1. The van der Waals surface area contributed by atoms with E-state index in [-0.39, 0.29) is 17.5 Å². The van der Waals surface area contributed by atoms with Crippen LogP contribution in [0.15, 0.2) is 4.79 Å². The molecule has 0 radical (unpaired) electrons. The van der Waals surface area contributed by atoms with Gasteiger partial charge >= 0.3 is 5.69 Å². The lowest BCUT2D eigenvalue weighted by molar-refractivity contribution is -0.134. The van der Waals surface area contributed by atoms with Crippen LogP contribution in [0.1, 0.15) is 56.6 Å². The first-order valence-electron chi connectivity index (χ1n) is 9.86. The van der Waals surface area contributed by atoms with Crippen molar-refractivity contribution in [3.63, 3.8) is 0 Å². The second-order valence-electron chi connectivity index (χ2n) is 7.47. The molecule has 1 N–H and O–H groups in total. The normalized spacial score (nSPS) is 21.1. The highest BCUT2D eigenvalue weighted by molar-refractivity contribution is 5.83. The molecule has 10 heteroatoms. The summed E-state index contributed by atoms with van der Waals surface area (Å²) in [7, 11) is 0. The minimum atomic E-state index is -0.226. The van der Waals surface area contributed by atoms with Crippen LogP contribution in [0.5, 0.6) is 0 Å². The monoisotopic (exact) mass is 374 g/mol. The van der Waals surface area contributed by atoms with E-state index < -0.39 is 0 Å². The van der Waals surface area contributed by atoms with Gasteiger partial charge in [-0.2, -0.15) is 5.10 Å². The van der Waals surface area contributed by atoms with E-state index in [0.29, 0.717) is 18.3 Å². The smallest absolute Gasteiger partial charge is 0.342 e. The zero-order valence-electron chi connectivity index (χ0n) is 15.7. The van der Waals surface area contributed by atoms with Gasteiger partial charge in [-0.1, -0.05) is 6.42 Å². The van der Waals surface area contributed by atoms with Crippen LogP contribution in [0.3, 0.4) is 0 Å². The minimum Gasteiger partial charge on any atom is -0.342 e. The Hall–Kier alpha value is -2.52. The fourth-order valence-electron chi connectivity index (χ4n) is 4.26. The van der Waals surface area contributed by atoms with Crippen molar-refractivity contribution in [2.24, 2.45) is 5.92 Å². The standard InChI is InChI=1S/C17H26N8O2/c1-2-24-14(18-20-17(24)27)11-12-6-9-23(10-7-12)16(26)13-5-3-4-8-25-15(13)19-21-22-25/h12-13H,2-11H2,1H3,(H,20,27)/t13-/m0/s1. The van der Waals surface area contributed by atoms with Crippen LogP contribution in [0, 0.1) is 5.92 Å². The molecule has 1 saturated heterocycles. The van der Waals surface area contributed by atoms with Gasteiger partial charge in [0, 0.05) is 32.6 Å². The highest BCUT2D eigenvalue weighted by Crippen LogP contribution is 2.28. The average Bonchev–Trinajstić information content (AvgIpc) is 3.23. The number of fused-ring (bicyclic) bond motifs is 1. The van der Waals surface area contributed by atoms with Crippen LogP contribution in [0.4, 0.5) is 0 Å². The molecular weight excluding hydrogens is 348 g/mol. The molecule has 4 heterocycles. The van der Waals surface area contributed by atoms with Crippen molar-refractivity contribution in [2.45, 2.75) is 64.5 Å². The lowest BCUT2D eigenvalue weighted by Crippen LogP contribution is -2.42. The van der Waals surface area contributed by atoms with Crippen molar-refractivity contribution >= 4 is 5.91 Å². The highest BCUT2D eigenvalue weighted by atomic mass is 16.2. The Kier molecular flexibility index (Phi) is 5.04. The van der Waals surface area contributed by atoms with Crippen LogP contribution >= 0.6 is 0 Å². The fraction of sp³-hybridized carbons (Fsp3) is 0.765. The van der Waals surface area contributed by atoms with Crippen molar-refractivity contribution in [3.8, 4) is 0 Å². The number of hydrogen-bond acceptors (Lipinski definition) is 6. The molecule has 2 aromatic rings. The Morgan fingerprint density at radius 2 is 2.00 bits per heavy atom. The lowest BCUT2D eigenvalue weighted by atomic mass is 9.91. The second kappa shape index (κ2) is 7.61. The molecule has 0 aromatic carbocycles. The number of aryl methyl sites for hydroxylation is 1. The average molecular weight is 374 g/mol. The summed E-state index contributed by atoms with van der Waals surface area (Å²) in [5.74, 6) is 1.89. The van der Waals surface area contributed by atoms with Gasteiger partial charge in [0.05, 0.1) is 5.92 Å². The summed E-state index contributed by atoms with van der Waals surface area (Å²) >= 11 is 0. The Labute approximate surface area is 156 Å². The number of amides is 1. The number of tetrazole rings is 1. The van der Waals surface area contributed by atoms with Crippen molar-refractivity contribution in [2.75, 3.05) is 13.1 Å². The van der Waals surface area contributed by atoms with Gasteiger partial charge in [-0.15, -0.1) is 5.10 Å². The molecule has 0 spiro atoms. The van der Waals surface area contributed by atoms with Gasteiger partial charge in [0.15, 0.2) is 5.82 Å². The summed E-state index contributed by atoms with van der Waals surface area (Å²) in [6, 6.07) is 0. The molecule has 2 aliphatic heterocycles. The number of rotatable bonds is 4. The van der Waals surface area contributed by atoms with E-state index in [4.69, 9.17) is 0 Å². The largest absolute Gasteiger partial charge is 0.343 e. The molecule has 4 rings (SSSR count). The SMILES string of the molecule is CCn1c(CC2CCN(C(=O)[C@H]3CCCCn4nnnc43)CC2)n[nH]c1=O.